The number of benzene rings is 1. The van der Waals surface area contributed by atoms with Gasteiger partial charge in [0.1, 0.15) is 16.2 Å². The van der Waals surface area contributed by atoms with Gasteiger partial charge in [-0.1, -0.05) is 12.1 Å². The number of halogens is 2. The van der Waals surface area contributed by atoms with Crippen LogP contribution in [0.15, 0.2) is 35.1 Å². The first kappa shape index (κ1) is 11.3. The maximum Gasteiger partial charge on any atom is 0.123 e. The van der Waals surface area contributed by atoms with Gasteiger partial charge in [-0.15, -0.1) is 0 Å². The van der Waals surface area contributed by atoms with Gasteiger partial charge in [-0.25, -0.2) is 9.37 Å². The van der Waals surface area contributed by atoms with E-state index in [1.54, 1.807) is 18.3 Å². The number of rotatable bonds is 3. The van der Waals surface area contributed by atoms with E-state index in [-0.39, 0.29) is 11.7 Å². The normalized spacial score (nSPS) is 12.7. The lowest BCUT2D eigenvalue weighted by atomic mass is 9.99. The molecule has 2 aromatic rings. The third-order valence-electron chi connectivity index (χ3n) is 2.40. The minimum Gasteiger partial charge on any atom is -0.336 e. The van der Waals surface area contributed by atoms with E-state index in [1.165, 1.54) is 12.1 Å². The second-order valence-corrected chi connectivity index (χ2v) is 4.31. The van der Waals surface area contributed by atoms with Crippen molar-refractivity contribution in [1.82, 2.24) is 9.97 Å². The Bertz CT molecular complexity index is 466. The molecular formula is C11H11BrFN3. The number of aromatic amines is 1. The van der Waals surface area contributed by atoms with E-state index in [0.717, 1.165) is 16.0 Å². The topological polar surface area (TPSA) is 54.7 Å². The number of nitrogens with zero attached hydrogens (tertiary/aromatic N) is 1. The van der Waals surface area contributed by atoms with E-state index >= 15 is 0 Å². The van der Waals surface area contributed by atoms with Gasteiger partial charge in [0.05, 0.1) is 12.1 Å². The predicted octanol–water partition coefficient (Wildman–Crippen LogP) is 2.40. The Hall–Kier alpha value is -1.20. The fourth-order valence-electron chi connectivity index (χ4n) is 1.59. The van der Waals surface area contributed by atoms with Crippen molar-refractivity contribution >= 4 is 15.9 Å². The molecule has 2 rings (SSSR count). The Balaban J connectivity index is 2.32. The lowest BCUT2D eigenvalue weighted by Crippen LogP contribution is -2.15. The Morgan fingerprint density at radius 3 is 2.56 bits per heavy atom. The van der Waals surface area contributed by atoms with Gasteiger partial charge in [-0.3, -0.25) is 0 Å². The maximum atomic E-state index is 12.8. The highest BCUT2D eigenvalue weighted by molar-refractivity contribution is 9.10. The molecule has 0 aliphatic rings. The maximum absolute atomic E-state index is 12.8. The third kappa shape index (κ3) is 2.31. The van der Waals surface area contributed by atoms with Crippen LogP contribution < -0.4 is 5.73 Å². The summed E-state index contributed by atoms with van der Waals surface area (Å²) in [7, 11) is 0. The molecule has 0 spiro atoms. The smallest absolute Gasteiger partial charge is 0.123 e. The fourth-order valence-corrected chi connectivity index (χ4v) is 1.90. The van der Waals surface area contributed by atoms with Crippen LogP contribution in [0.4, 0.5) is 4.39 Å². The first-order chi connectivity index (χ1) is 7.70. The van der Waals surface area contributed by atoms with Crippen LogP contribution in [0.5, 0.6) is 0 Å². The number of hydrogen-bond donors (Lipinski definition) is 2. The fraction of sp³-hybridized carbons (Fsp3) is 0.182. The van der Waals surface area contributed by atoms with E-state index < -0.39 is 0 Å². The van der Waals surface area contributed by atoms with Crippen LogP contribution in [0.2, 0.25) is 0 Å². The van der Waals surface area contributed by atoms with E-state index in [9.17, 15) is 4.39 Å². The van der Waals surface area contributed by atoms with Crippen LogP contribution >= 0.6 is 15.9 Å². The van der Waals surface area contributed by atoms with Gasteiger partial charge < -0.3 is 10.7 Å². The zero-order valence-corrected chi connectivity index (χ0v) is 10.0. The molecular weight excluding hydrogens is 273 g/mol. The van der Waals surface area contributed by atoms with Crippen molar-refractivity contribution < 1.29 is 4.39 Å². The summed E-state index contributed by atoms with van der Waals surface area (Å²) in [5.41, 5.74) is 6.66. The number of H-pyrrole nitrogens is 1. The quantitative estimate of drug-likeness (QED) is 0.909. The largest absolute Gasteiger partial charge is 0.336 e. The molecule has 3 N–H and O–H groups in total. The molecule has 5 heteroatoms. The lowest BCUT2D eigenvalue weighted by Gasteiger charge is -2.12. The van der Waals surface area contributed by atoms with E-state index in [1.807, 2.05) is 0 Å². The SMILES string of the molecule is NCC(c1ccc(F)cc1)c1ncc(Br)[nH]1. The zero-order valence-electron chi connectivity index (χ0n) is 8.45. The van der Waals surface area contributed by atoms with Gasteiger partial charge in [0.2, 0.25) is 0 Å². The van der Waals surface area contributed by atoms with Crippen molar-refractivity contribution in [2.75, 3.05) is 6.54 Å². The van der Waals surface area contributed by atoms with Gasteiger partial charge in [0.15, 0.2) is 0 Å². The second-order valence-electron chi connectivity index (χ2n) is 3.46. The Morgan fingerprint density at radius 2 is 2.06 bits per heavy atom. The number of hydrogen-bond acceptors (Lipinski definition) is 2. The molecule has 1 unspecified atom stereocenters. The molecule has 0 amide bonds. The molecule has 1 atom stereocenters. The average molecular weight is 284 g/mol. The minimum atomic E-state index is -0.250. The summed E-state index contributed by atoms with van der Waals surface area (Å²) >= 11 is 3.29. The van der Waals surface area contributed by atoms with Gasteiger partial charge in [0, 0.05) is 6.54 Å². The summed E-state index contributed by atoms with van der Waals surface area (Å²) < 4.78 is 13.6. The van der Waals surface area contributed by atoms with Crippen LogP contribution in [-0.2, 0) is 0 Å². The van der Waals surface area contributed by atoms with Crippen molar-refractivity contribution in [2.24, 2.45) is 5.73 Å². The third-order valence-corrected chi connectivity index (χ3v) is 2.81. The van der Waals surface area contributed by atoms with Crippen molar-refractivity contribution in [3.8, 4) is 0 Å². The van der Waals surface area contributed by atoms with Crippen LogP contribution in [0.1, 0.15) is 17.3 Å². The first-order valence-corrected chi connectivity index (χ1v) is 5.66. The van der Waals surface area contributed by atoms with Crippen molar-refractivity contribution in [1.29, 1.82) is 0 Å². The lowest BCUT2D eigenvalue weighted by molar-refractivity contribution is 0.625. The number of nitrogens with one attached hydrogen (secondary N) is 1. The number of aromatic nitrogens is 2. The molecule has 3 nitrogen and oxygen atoms in total. The molecule has 0 bridgehead atoms. The molecule has 0 fully saturated rings. The molecule has 0 radical (unpaired) electrons. The van der Waals surface area contributed by atoms with Gasteiger partial charge in [-0.2, -0.15) is 0 Å². The Kier molecular flexibility index (Phi) is 3.36. The van der Waals surface area contributed by atoms with E-state index in [2.05, 4.69) is 25.9 Å². The monoisotopic (exact) mass is 283 g/mol. The van der Waals surface area contributed by atoms with Crippen molar-refractivity contribution in [3.05, 3.63) is 52.3 Å². The van der Waals surface area contributed by atoms with Gasteiger partial charge in [0.25, 0.3) is 0 Å². The molecule has 0 saturated heterocycles. The summed E-state index contributed by atoms with van der Waals surface area (Å²) in [5, 5.41) is 0. The molecule has 84 valence electrons. The van der Waals surface area contributed by atoms with Crippen molar-refractivity contribution in [3.63, 3.8) is 0 Å². The van der Waals surface area contributed by atoms with E-state index in [4.69, 9.17) is 5.73 Å². The Morgan fingerprint density at radius 1 is 1.38 bits per heavy atom. The van der Waals surface area contributed by atoms with Crippen molar-refractivity contribution in [2.45, 2.75) is 5.92 Å². The average Bonchev–Trinajstić information content (AvgIpc) is 2.69. The number of nitrogens with two attached hydrogens (primary N) is 1. The second kappa shape index (κ2) is 4.76. The minimum absolute atomic E-state index is 0.0353. The summed E-state index contributed by atoms with van der Waals surface area (Å²) in [6.45, 7) is 0.422. The molecule has 1 heterocycles. The molecule has 0 aliphatic carbocycles. The summed E-state index contributed by atoms with van der Waals surface area (Å²) in [6.07, 6.45) is 1.68. The predicted molar refractivity (Wildman–Crippen MR) is 63.6 cm³/mol. The number of imidazole rings is 1. The van der Waals surface area contributed by atoms with Crippen LogP contribution in [-0.4, -0.2) is 16.5 Å². The summed E-state index contributed by atoms with van der Waals surface area (Å²) in [6, 6.07) is 6.30. The van der Waals surface area contributed by atoms with E-state index in [0.29, 0.717) is 6.54 Å². The summed E-state index contributed by atoms with van der Waals surface area (Å²) in [5.74, 6) is 0.494. The standard InChI is InChI=1S/C11H11BrFN3/c12-10-6-15-11(16-10)9(5-14)7-1-3-8(13)4-2-7/h1-4,6,9H,5,14H2,(H,15,16). The zero-order chi connectivity index (χ0) is 11.5. The molecule has 1 aromatic carbocycles. The Labute approximate surface area is 101 Å². The van der Waals surface area contributed by atoms with Crippen LogP contribution in [0, 0.1) is 5.82 Å². The van der Waals surface area contributed by atoms with Gasteiger partial charge in [-0.05, 0) is 33.6 Å². The highest BCUT2D eigenvalue weighted by Crippen LogP contribution is 2.22. The molecule has 1 aromatic heterocycles. The van der Waals surface area contributed by atoms with Gasteiger partial charge >= 0.3 is 0 Å². The molecule has 0 saturated carbocycles. The molecule has 16 heavy (non-hydrogen) atoms. The highest BCUT2D eigenvalue weighted by atomic mass is 79.9. The molecule has 0 aliphatic heterocycles. The highest BCUT2D eigenvalue weighted by Gasteiger charge is 2.15. The first-order valence-electron chi connectivity index (χ1n) is 4.86. The summed E-state index contributed by atoms with van der Waals surface area (Å²) in [4.78, 5) is 7.28. The van der Waals surface area contributed by atoms with Crippen LogP contribution in [0.25, 0.3) is 0 Å². The van der Waals surface area contributed by atoms with Crippen LogP contribution in [0.3, 0.4) is 0 Å².